The smallest absolute Gasteiger partial charge is 0.292 e. The lowest BCUT2D eigenvalue weighted by molar-refractivity contribution is 0.606. The van der Waals surface area contributed by atoms with Gasteiger partial charge in [-0.05, 0) is 12.1 Å². The first kappa shape index (κ1) is 6.15. The van der Waals surface area contributed by atoms with Gasteiger partial charge in [0.1, 0.15) is 11.3 Å². The molecule has 2 N–H and O–H groups in total. The number of aromatic nitrogens is 1. The number of halogens is 1. The Morgan fingerprint density at radius 3 is 3.18 bits per heavy atom. The van der Waals surface area contributed by atoms with Crippen LogP contribution in [0.15, 0.2) is 22.6 Å². The van der Waals surface area contributed by atoms with Gasteiger partial charge in [0, 0.05) is 7.49 Å². The second-order valence-corrected chi connectivity index (χ2v) is 2.16. The van der Waals surface area contributed by atoms with Crippen molar-refractivity contribution in [2.75, 3.05) is 5.73 Å². The van der Waals surface area contributed by atoms with Crippen LogP contribution in [-0.2, 0) is 0 Å². The number of benzene rings is 1. The molecule has 0 saturated heterocycles. The summed E-state index contributed by atoms with van der Waals surface area (Å²) in [5.41, 5.74) is 6.19. The summed E-state index contributed by atoms with van der Waals surface area (Å²) in [6, 6.07) is 4.14. The molecule has 1 heterocycles. The van der Waals surface area contributed by atoms with Crippen molar-refractivity contribution >= 4 is 17.1 Å². The molecule has 11 heavy (non-hydrogen) atoms. The van der Waals surface area contributed by atoms with E-state index in [9.17, 15) is 4.39 Å². The normalized spacial score (nSPS) is 10.6. The Labute approximate surface area is 63.1 Å². The molecule has 0 aliphatic rings. The van der Waals surface area contributed by atoms with Gasteiger partial charge < -0.3 is 10.2 Å². The summed E-state index contributed by atoms with van der Waals surface area (Å²) in [5.74, 6) is -0.353. The summed E-state index contributed by atoms with van der Waals surface area (Å²) < 4.78 is 17.4. The van der Waals surface area contributed by atoms with Gasteiger partial charge in [-0.25, -0.2) is 4.39 Å². The predicted octanol–water partition coefficient (Wildman–Crippen LogP) is 1.80. The first-order valence-electron chi connectivity index (χ1n) is 3.07. The van der Waals surface area contributed by atoms with Crippen LogP contribution in [0.5, 0.6) is 0 Å². The maximum Gasteiger partial charge on any atom is 0.292 e. The van der Waals surface area contributed by atoms with E-state index in [1.54, 1.807) is 0 Å². The van der Waals surface area contributed by atoms with Gasteiger partial charge >= 0.3 is 0 Å². The van der Waals surface area contributed by atoms with Gasteiger partial charge in [-0.3, -0.25) is 0 Å². The Morgan fingerprint density at radius 1 is 1.55 bits per heavy atom. The van der Waals surface area contributed by atoms with Crippen LogP contribution in [0.1, 0.15) is 1.43 Å². The second-order valence-electron chi connectivity index (χ2n) is 2.16. The number of fused-ring (bicyclic) bond motifs is 1. The molecule has 1 aromatic heterocycles. The van der Waals surface area contributed by atoms with E-state index in [2.05, 4.69) is 4.98 Å². The number of oxazole rings is 1. The van der Waals surface area contributed by atoms with Crippen molar-refractivity contribution in [1.29, 1.82) is 0 Å². The fraction of sp³-hybridized carbons (Fsp3) is 0. The standard InChI is InChI=1S/C7H5FN2O.H2/c8-4-1-2-5-6(3-4)11-7(9)10-5;/h1-3H,(H2,9,10);1H. The molecule has 0 saturated carbocycles. The molecule has 1 aromatic carbocycles. The molecular weight excluding hydrogens is 147 g/mol. The summed E-state index contributed by atoms with van der Waals surface area (Å²) in [4.78, 5) is 3.80. The lowest BCUT2D eigenvalue weighted by atomic mass is 10.3. The zero-order valence-electron chi connectivity index (χ0n) is 5.54. The predicted molar refractivity (Wildman–Crippen MR) is 40.5 cm³/mol. The first-order chi connectivity index (χ1) is 5.25. The number of hydrogen-bond acceptors (Lipinski definition) is 3. The number of rotatable bonds is 0. The third kappa shape index (κ3) is 0.920. The molecule has 0 aliphatic carbocycles. The lowest BCUT2D eigenvalue weighted by Gasteiger charge is -1.84. The number of anilines is 1. The summed E-state index contributed by atoms with van der Waals surface area (Å²) in [7, 11) is 0. The summed E-state index contributed by atoms with van der Waals surface area (Å²) in [6.07, 6.45) is 0. The van der Waals surface area contributed by atoms with Crippen LogP contribution in [0, 0.1) is 5.82 Å². The van der Waals surface area contributed by atoms with Crippen molar-refractivity contribution in [3.05, 3.63) is 24.0 Å². The molecule has 2 rings (SSSR count). The van der Waals surface area contributed by atoms with E-state index in [0.717, 1.165) is 0 Å². The minimum absolute atomic E-state index is 0. The molecule has 4 heteroatoms. The molecule has 0 bridgehead atoms. The maximum absolute atomic E-state index is 12.5. The molecule has 3 nitrogen and oxygen atoms in total. The van der Waals surface area contributed by atoms with Gasteiger partial charge in [-0.1, -0.05) is 0 Å². The maximum atomic E-state index is 12.5. The fourth-order valence-corrected chi connectivity index (χ4v) is 0.916. The third-order valence-corrected chi connectivity index (χ3v) is 1.37. The average Bonchev–Trinajstić information content (AvgIpc) is 2.27. The number of nitrogen functional groups attached to an aromatic ring is 1. The van der Waals surface area contributed by atoms with Gasteiger partial charge in [-0.2, -0.15) is 4.98 Å². The van der Waals surface area contributed by atoms with E-state index >= 15 is 0 Å². The van der Waals surface area contributed by atoms with E-state index in [1.165, 1.54) is 18.2 Å². The van der Waals surface area contributed by atoms with Crippen molar-refractivity contribution in [2.45, 2.75) is 0 Å². The van der Waals surface area contributed by atoms with E-state index in [0.29, 0.717) is 11.1 Å². The summed E-state index contributed by atoms with van der Waals surface area (Å²) in [6.45, 7) is 0. The third-order valence-electron chi connectivity index (χ3n) is 1.37. The second kappa shape index (κ2) is 1.95. The molecule has 0 amide bonds. The van der Waals surface area contributed by atoms with E-state index in [-0.39, 0.29) is 13.3 Å². The molecule has 0 atom stereocenters. The van der Waals surface area contributed by atoms with Gasteiger partial charge in [-0.15, -0.1) is 0 Å². The molecule has 0 radical (unpaired) electrons. The highest BCUT2D eigenvalue weighted by Crippen LogP contribution is 2.16. The monoisotopic (exact) mass is 154 g/mol. The van der Waals surface area contributed by atoms with E-state index in [1.807, 2.05) is 0 Å². The Balaban J connectivity index is 0.000000720. The Bertz CT molecular complexity index is 401. The van der Waals surface area contributed by atoms with Gasteiger partial charge in [0.05, 0.1) is 0 Å². The van der Waals surface area contributed by atoms with Crippen molar-refractivity contribution in [1.82, 2.24) is 4.98 Å². The van der Waals surface area contributed by atoms with Crippen LogP contribution >= 0.6 is 0 Å². The summed E-state index contributed by atoms with van der Waals surface area (Å²) in [5, 5.41) is 0. The van der Waals surface area contributed by atoms with Crippen molar-refractivity contribution in [2.24, 2.45) is 0 Å². The van der Waals surface area contributed by atoms with Crippen molar-refractivity contribution < 1.29 is 10.2 Å². The topological polar surface area (TPSA) is 52.0 Å². The van der Waals surface area contributed by atoms with Crippen molar-refractivity contribution in [3.63, 3.8) is 0 Å². The van der Waals surface area contributed by atoms with Crippen LogP contribution in [0.4, 0.5) is 10.4 Å². The Hall–Kier alpha value is -1.58. The minimum atomic E-state index is -0.353. The highest BCUT2D eigenvalue weighted by molar-refractivity contribution is 5.73. The first-order valence-corrected chi connectivity index (χ1v) is 3.07. The van der Waals surface area contributed by atoms with Crippen LogP contribution in [0.25, 0.3) is 11.1 Å². The number of nitrogens with two attached hydrogens (primary N) is 1. The van der Waals surface area contributed by atoms with Crippen molar-refractivity contribution in [3.8, 4) is 0 Å². The van der Waals surface area contributed by atoms with Gasteiger partial charge in [0.15, 0.2) is 5.58 Å². The minimum Gasteiger partial charge on any atom is -0.424 e. The van der Waals surface area contributed by atoms with Crippen LogP contribution < -0.4 is 5.73 Å². The molecule has 0 aliphatic heterocycles. The van der Waals surface area contributed by atoms with Gasteiger partial charge in [0.25, 0.3) is 6.01 Å². The Morgan fingerprint density at radius 2 is 2.36 bits per heavy atom. The molecule has 58 valence electrons. The quantitative estimate of drug-likeness (QED) is 0.629. The molecular formula is C7H7FN2O. The van der Waals surface area contributed by atoms with E-state index in [4.69, 9.17) is 10.2 Å². The average molecular weight is 154 g/mol. The lowest BCUT2D eigenvalue weighted by Crippen LogP contribution is -1.80. The molecule has 2 aromatic rings. The SMILES string of the molecule is Nc1nc2ccc(F)cc2o1.[HH]. The van der Waals surface area contributed by atoms with Crippen LogP contribution in [0.2, 0.25) is 0 Å². The zero-order valence-corrected chi connectivity index (χ0v) is 5.54. The number of nitrogens with zero attached hydrogens (tertiary/aromatic N) is 1. The van der Waals surface area contributed by atoms with Crippen LogP contribution in [-0.4, -0.2) is 4.98 Å². The Kier molecular flexibility index (Phi) is 1.09. The van der Waals surface area contributed by atoms with Gasteiger partial charge in [0.2, 0.25) is 0 Å². The van der Waals surface area contributed by atoms with Crippen LogP contribution in [0.3, 0.4) is 0 Å². The molecule has 0 unspecified atom stereocenters. The number of hydrogen-bond donors (Lipinski definition) is 1. The zero-order chi connectivity index (χ0) is 7.84. The molecule has 0 fully saturated rings. The van der Waals surface area contributed by atoms with E-state index < -0.39 is 0 Å². The highest BCUT2D eigenvalue weighted by atomic mass is 19.1. The summed E-state index contributed by atoms with van der Waals surface area (Å²) >= 11 is 0. The highest BCUT2D eigenvalue weighted by Gasteiger charge is 2.01. The molecule has 0 spiro atoms. The fourth-order valence-electron chi connectivity index (χ4n) is 0.916. The largest absolute Gasteiger partial charge is 0.424 e.